The minimum atomic E-state index is -0.772. The van der Waals surface area contributed by atoms with E-state index in [9.17, 15) is 9.59 Å². The van der Waals surface area contributed by atoms with Gasteiger partial charge in [-0.25, -0.2) is 4.79 Å². The van der Waals surface area contributed by atoms with E-state index in [0.29, 0.717) is 21.6 Å². The van der Waals surface area contributed by atoms with Gasteiger partial charge in [-0.2, -0.15) is 0 Å². The van der Waals surface area contributed by atoms with Crippen molar-refractivity contribution in [2.24, 2.45) is 0 Å². The van der Waals surface area contributed by atoms with Gasteiger partial charge in [0.15, 0.2) is 5.76 Å². The van der Waals surface area contributed by atoms with E-state index in [2.05, 4.69) is 0 Å². The molecule has 0 amide bonds. The van der Waals surface area contributed by atoms with Crippen LogP contribution < -0.4 is 10.2 Å². The summed E-state index contributed by atoms with van der Waals surface area (Å²) >= 11 is 12.1. The van der Waals surface area contributed by atoms with Crippen LogP contribution in [0, 0.1) is 20.8 Å². The number of benzene rings is 3. The quantitative estimate of drug-likeness (QED) is 0.316. The van der Waals surface area contributed by atoms with Crippen LogP contribution in [0.4, 0.5) is 0 Å². The molecule has 0 aliphatic carbocycles. The third-order valence-electron chi connectivity index (χ3n) is 4.95. The highest BCUT2D eigenvalue weighted by Gasteiger charge is 2.23. The highest BCUT2D eigenvalue weighted by Crippen LogP contribution is 2.33. The number of hydrogen-bond donors (Lipinski definition) is 0. The van der Waals surface area contributed by atoms with E-state index in [1.54, 1.807) is 6.07 Å². The van der Waals surface area contributed by atoms with Crippen LogP contribution in [-0.4, -0.2) is 5.97 Å². The van der Waals surface area contributed by atoms with Crippen molar-refractivity contribution in [3.05, 3.63) is 97.1 Å². The highest BCUT2D eigenvalue weighted by atomic mass is 35.5. The topological polar surface area (TPSA) is 56.5 Å². The Kier molecular flexibility index (Phi) is 5.61. The van der Waals surface area contributed by atoms with E-state index < -0.39 is 11.4 Å². The van der Waals surface area contributed by atoms with Crippen LogP contribution in [0.1, 0.15) is 27.0 Å². The average molecular weight is 453 g/mol. The van der Waals surface area contributed by atoms with Crippen molar-refractivity contribution in [1.82, 2.24) is 0 Å². The fraction of sp³-hybridized carbons (Fsp3) is 0.120. The van der Waals surface area contributed by atoms with Gasteiger partial charge < -0.3 is 9.15 Å². The Labute approximate surface area is 189 Å². The van der Waals surface area contributed by atoms with Crippen LogP contribution in [0.2, 0.25) is 10.0 Å². The molecule has 0 aliphatic rings. The number of aryl methyl sites for hydroxylation is 3. The second kappa shape index (κ2) is 8.22. The molecule has 6 heteroatoms. The van der Waals surface area contributed by atoms with Gasteiger partial charge in [-0.1, -0.05) is 59.1 Å². The first kappa shape index (κ1) is 21.2. The zero-order valence-electron chi connectivity index (χ0n) is 17.1. The molecule has 0 bridgehead atoms. The van der Waals surface area contributed by atoms with Crippen molar-refractivity contribution in [2.45, 2.75) is 20.8 Å². The molecule has 0 unspecified atom stereocenters. The number of carbonyl (C=O) groups excluding carboxylic acids is 1. The predicted molar refractivity (Wildman–Crippen MR) is 124 cm³/mol. The smallest absolute Gasteiger partial charge is 0.345 e. The lowest BCUT2D eigenvalue weighted by Gasteiger charge is -2.13. The van der Waals surface area contributed by atoms with Gasteiger partial charge >= 0.3 is 5.97 Å². The Balaban J connectivity index is 1.94. The van der Waals surface area contributed by atoms with Gasteiger partial charge in [0.2, 0.25) is 11.2 Å². The molecule has 0 radical (unpaired) electrons. The van der Waals surface area contributed by atoms with Crippen molar-refractivity contribution in [3.63, 3.8) is 0 Å². The summed E-state index contributed by atoms with van der Waals surface area (Å²) in [6, 6.07) is 15.5. The number of ether oxygens (including phenoxy) is 1. The normalized spacial score (nSPS) is 11.0. The maximum atomic E-state index is 13.4. The Morgan fingerprint density at radius 3 is 2.29 bits per heavy atom. The summed E-state index contributed by atoms with van der Waals surface area (Å²) in [6.07, 6.45) is 0. The summed E-state index contributed by atoms with van der Waals surface area (Å²) in [5.74, 6) is -0.772. The Bertz CT molecular complexity index is 1390. The molecule has 0 saturated heterocycles. The molecule has 0 atom stereocenters. The number of carbonyl (C=O) groups is 1. The molecule has 1 heterocycles. The standard InChI is InChI=1S/C25H18Cl2O4/c1-13-4-6-16(7-5-13)23-24(31-25(29)18-9-8-17(26)12-19(18)27)22(28)21-15(3)10-14(2)11-20(21)30-23/h4-12H,1-3H3. The molecular formula is C25H18Cl2O4. The minimum absolute atomic E-state index is 0.0982. The summed E-state index contributed by atoms with van der Waals surface area (Å²) in [7, 11) is 0. The van der Waals surface area contributed by atoms with Crippen LogP contribution in [0.3, 0.4) is 0 Å². The van der Waals surface area contributed by atoms with Gasteiger partial charge in [0.1, 0.15) is 5.58 Å². The molecule has 4 rings (SSSR count). The fourth-order valence-corrected chi connectivity index (χ4v) is 3.95. The number of fused-ring (bicyclic) bond motifs is 1. The van der Waals surface area contributed by atoms with Crippen molar-refractivity contribution in [3.8, 4) is 17.1 Å². The molecule has 4 aromatic rings. The Morgan fingerprint density at radius 2 is 1.61 bits per heavy atom. The summed E-state index contributed by atoms with van der Waals surface area (Å²) in [6.45, 7) is 5.70. The number of esters is 1. The molecule has 1 aromatic heterocycles. The molecule has 156 valence electrons. The first-order valence-corrected chi connectivity index (χ1v) is 10.3. The van der Waals surface area contributed by atoms with E-state index in [4.69, 9.17) is 32.4 Å². The molecule has 31 heavy (non-hydrogen) atoms. The average Bonchev–Trinajstić information content (AvgIpc) is 2.70. The minimum Gasteiger partial charge on any atom is -0.452 e. The lowest BCUT2D eigenvalue weighted by Crippen LogP contribution is -2.17. The van der Waals surface area contributed by atoms with Crippen LogP contribution in [0.15, 0.2) is 63.8 Å². The lowest BCUT2D eigenvalue weighted by atomic mass is 10.0. The van der Waals surface area contributed by atoms with Crippen LogP contribution in [0.5, 0.6) is 5.75 Å². The third kappa shape index (κ3) is 4.09. The fourth-order valence-electron chi connectivity index (χ4n) is 3.46. The van der Waals surface area contributed by atoms with Gasteiger partial charge in [-0.05, 0) is 56.2 Å². The Morgan fingerprint density at radius 1 is 0.903 bits per heavy atom. The number of rotatable bonds is 3. The van der Waals surface area contributed by atoms with Crippen molar-refractivity contribution in [2.75, 3.05) is 0 Å². The number of hydrogen-bond acceptors (Lipinski definition) is 4. The van der Waals surface area contributed by atoms with Crippen LogP contribution in [0.25, 0.3) is 22.3 Å². The van der Waals surface area contributed by atoms with Crippen molar-refractivity contribution < 1.29 is 13.9 Å². The van der Waals surface area contributed by atoms with E-state index in [1.165, 1.54) is 18.2 Å². The van der Waals surface area contributed by atoms with Gasteiger partial charge in [0.05, 0.1) is 16.0 Å². The maximum absolute atomic E-state index is 13.4. The Hall–Kier alpha value is -3.08. The van der Waals surface area contributed by atoms with Crippen molar-refractivity contribution in [1.29, 1.82) is 0 Å². The molecule has 3 aromatic carbocycles. The first-order valence-electron chi connectivity index (χ1n) is 9.57. The van der Waals surface area contributed by atoms with Gasteiger partial charge in [0.25, 0.3) is 0 Å². The SMILES string of the molecule is Cc1ccc(-c2oc3cc(C)cc(C)c3c(=O)c2OC(=O)c2ccc(Cl)cc2Cl)cc1. The van der Waals surface area contributed by atoms with Gasteiger partial charge in [-0.3, -0.25) is 4.79 Å². The second-order valence-corrected chi connectivity index (χ2v) is 8.27. The van der Waals surface area contributed by atoms with E-state index in [-0.39, 0.29) is 22.1 Å². The molecule has 0 N–H and O–H groups in total. The van der Waals surface area contributed by atoms with Crippen molar-refractivity contribution >= 4 is 40.1 Å². The van der Waals surface area contributed by atoms with Crippen LogP contribution in [-0.2, 0) is 0 Å². The van der Waals surface area contributed by atoms with E-state index in [0.717, 1.165) is 16.7 Å². The second-order valence-electron chi connectivity index (χ2n) is 7.42. The monoisotopic (exact) mass is 452 g/mol. The summed E-state index contributed by atoms with van der Waals surface area (Å²) in [5.41, 5.74) is 3.47. The van der Waals surface area contributed by atoms with Gasteiger partial charge in [0, 0.05) is 10.6 Å². The maximum Gasteiger partial charge on any atom is 0.345 e. The highest BCUT2D eigenvalue weighted by molar-refractivity contribution is 6.36. The number of halogens is 2. The zero-order valence-corrected chi connectivity index (χ0v) is 18.6. The van der Waals surface area contributed by atoms with E-state index in [1.807, 2.05) is 51.1 Å². The van der Waals surface area contributed by atoms with Gasteiger partial charge in [-0.15, -0.1) is 0 Å². The molecule has 0 aliphatic heterocycles. The lowest BCUT2D eigenvalue weighted by molar-refractivity contribution is 0.0731. The summed E-state index contributed by atoms with van der Waals surface area (Å²) in [4.78, 5) is 26.3. The molecule has 4 nitrogen and oxygen atoms in total. The summed E-state index contributed by atoms with van der Waals surface area (Å²) in [5, 5.41) is 0.885. The molecule has 0 fully saturated rings. The molecule has 0 spiro atoms. The van der Waals surface area contributed by atoms with Crippen LogP contribution >= 0.6 is 23.2 Å². The molecular weight excluding hydrogens is 435 g/mol. The largest absolute Gasteiger partial charge is 0.452 e. The third-order valence-corrected chi connectivity index (χ3v) is 5.50. The first-order chi connectivity index (χ1) is 14.7. The van der Waals surface area contributed by atoms with E-state index >= 15 is 0 Å². The zero-order chi connectivity index (χ0) is 22.3. The summed E-state index contributed by atoms with van der Waals surface area (Å²) < 4.78 is 11.7. The molecule has 0 saturated carbocycles. The predicted octanol–water partition coefficient (Wildman–Crippen LogP) is 6.91.